The number of aliphatic hydroxyl groups is 1. The van der Waals surface area contributed by atoms with Crippen molar-refractivity contribution in [2.24, 2.45) is 0 Å². The van der Waals surface area contributed by atoms with Crippen molar-refractivity contribution >= 4 is 16.7 Å². The summed E-state index contributed by atoms with van der Waals surface area (Å²) in [5.41, 5.74) is 7.58. The van der Waals surface area contributed by atoms with Crippen LogP contribution in [0.3, 0.4) is 0 Å². The molecule has 3 N–H and O–H groups in total. The molecule has 1 heterocycles. The van der Waals surface area contributed by atoms with Gasteiger partial charge in [0.05, 0.1) is 5.52 Å². The lowest BCUT2D eigenvalue weighted by Crippen LogP contribution is -2.29. The van der Waals surface area contributed by atoms with Gasteiger partial charge in [0.25, 0.3) is 0 Å². The molecule has 0 unspecified atom stereocenters. The lowest BCUT2D eigenvalue weighted by atomic mass is 9.95. The third kappa shape index (κ3) is 5.15. The van der Waals surface area contributed by atoms with Gasteiger partial charge in [-0.25, -0.2) is 9.97 Å². The first-order valence-corrected chi connectivity index (χ1v) is 8.38. The highest BCUT2D eigenvalue weighted by Crippen LogP contribution is 2.20. The number of benzene rings is 1. The number of anilines is 1. The van der Waals surface area contributed by atoms with Gasteiger partial charge in [-0.3, -0.25) is 0 Å². The van der Waals surface area contributed by atoms with E-state index in [1.54, 1.807) is 0 Å². The van der Waals surface area contributed by atoms with Crippen LogP contribution in [-0.4, -0.2) is 46.7 Å². The summed E-state index contributed by atoms with van der Waals surface area (Å²) in [6, 6.07) is 6.63. The Morgan fingerprint density at radius 3 is 2.52 bits per heavy atom. The van der Waals surface area contributed by atoms with E-state index in [0.29, 0.717) is 12.2 Å². The van der Waals surface area contributed by atoms with E-state index in [9.17, 15) is 0 Å². The van der Waals surface area contributed by atoms with Crippen LogP contribution < -0.4 is 5.73 Å². The molecule has 1 aliphatic rings. The van der Waals surface area contributed by atoms with Crippen molar-refractivity contribution in [1.29, 1.82) is 0 Å². The normalized spacial score (nSPS) is 15.5. The van der Waals surface area contributed by atoms with Gasteiger partial charge in [-0.1, -0.05) is 25.3 Å². The van der Waals surface area contributed by atoms with Crippen LogP contribution in [0.15, 0.2) is 24.5 Å². The highest BCUT2D eigenvalue weighted by atomic mass is 16.2. The molecule has 1 aromatic heterocycles. The topological polar surface area (TPSA) is 75.3 Å². The Balaban J connectivity index is 0.000000185. The van der Waals surface area contributed by atoms with E-state index in [1.165, 1.54) is 38.4 Å². The molecule has 0 atom stereocenters. The van der Waals surface area contributed by atoms with Crippen LogP contribution in [0.5, 0.6) is 0 Å². The van der Waals surface area contributed by atoms with Gasteiger partial charge in [-0.2, -0.15) is 0 Å². The second kappa shape index (κ2) is 8.79. The number of hydrogen-bond donors (Lipinski definition) is 2. The summed E-state index contributed by atoms with van der Waals surface area (Å²) in [7, 11) is 4.38. The number of rotatable bonds is 3. The van der Waals surface area contributed by atoms with E-state index >= 15 is 0 Å². The van der Waals surface area contributed by atoms with E-state index in [-0.39, 0.29) is 6.61 Å². The Labute approximate surface area is 138 Å². The lowest BCUT2D eigenvalue weighted by Gasteiger charge is -2.27. The number of nitrogens with zero attached hydrogens (tertiary/aromatic N) is 3. The van der Waals surface area contributed by atoms with E-state index in [2.05, 4.69) is 29.0 Å². The predicted octanol–water partition coefficient (Wildman–Crippen LogP) is 2.63. The highest BCUT2D eigenvalue weighted by molar-refractivity contribution is 5.88. The van der Waals surface area contributed by atoms with Crippen molar-refractivity contribution in [3.8, 4) is 0 Å². The first kappa shape index (κ1) is 17.6. The average molecular weight is 316 g/mol. The van der Waals surface area contributed by atoms with Gasteiger partial charge >= 0.3 is 0 Å². The molecule has 126 valence electrons. The molecule has 1 aromatic carbocycles. The molecule has 0 spiro atoms. The summed E-state index contributed by atoms with van der Waals surface area (Å²) in [5.74, 6) is 0.481. The Bertz CT molecular complexity index is 609. The molecule has 0 bridgehead atoms. The van der Waals surface area contributed by atoms with Crippen LogP contribution in [0, 0.1) is 0 Å². The van der Waals surface area contributed by atoms with Gasteiger partial charge in [-0.15, -0.1) is 0 Å². The van der Waals surface area contributed by atoms with Crippen LogP contribution >= 0.6 is 0 Å². The second-order valence-corrected chi connectivity index (χ2v) is 6.34. The predicted molar refractivity (Wildman–Crippen MR) is 95.3 cm³/mol. The molecule has 3 rings (SSSR count). The van der Waals surface area contributed by atoms with Crippen LogP contribution in [0.2, 0.25) is 0 Å². The van der Waals surface area contributed by atoms with E-state index < -0.39 is 0 Å². The molecule has 23 heavy (non-hydrogen) atoms. The van der Waals surface area contributed by atoms with Gasteiger partial charge in [0.2, 0.25) is 0 Å². The molecule has 0 radical (unpaired) electrons. The summed E-state index contributed by atoms with van der Waals surface area (Å²) in [6.07, 6.45) is 9.28. The standard InChI is InChI=1S/C10H11N3O.C8H17N/c11-10-8-5-7(3-4-14)1-2-9(8)12-6-13-10;1-9(2)8-6-4-3-5-7-8/h1-2,5-6,14H,3-4H2,(H2,11,12,13);8H,3-7H2,1-2H3. The fourth-order valence-electron chi connectivity index (χ4n) is 3.01. The molecule has 5 nitrogen and oxygen atoms in total. The minimum absolute atomic E-state index is 0.138. The number of aliphatic hydroxyl groups excluding tert-OH is 1. The fourth-order valence-corrected chi connectivity index (χ4v) is 3.01. The molecule has 0 saturated heterocycles. The maximum atomic E-state index is 8.80. The summed E-state index contributed by atoms with van der Waals surface area (Å²) >= 11 is 0. The minimum atomic E-state index is 0.138. The fraction of sp³-hybridized carbons (Fsp3) is 0.556. The summed E-state index contributed by atoms with van der Waals surface area (Å²) in [5, 5.41) is 9.64. The van der Waals surface area contributed by atoms with Gasteiger partial charge in [0.1, 0.15) is 12.1 Å². The Morgan fingerprint density at radius 1 is 1.17 bits per heavy atom. The zero-order chi connectivity index (χ0) is 16.7. The van der Waals surface area contributed by atoms with Crippen molar-refractivity contribution in [3.63, 3.8) is 0 Å². The molecule has 5 heteroatoms. The Kier molecular flexibility index (Phi) is 6.74. The third-order valence-electron chi connectivity index (χ3n) is 4.44. The van der Waals surface area contributed by atoms with Crippen molar-refractivity contribution in [2.75, 3.05) is 26.4 Å². The second-order valence-electron chi connectivity index (χ2n) is 6.34. The molecular formula is C18H28N4O. The maximum absolute atomic E-state index is 8.80. The molecule has 1 fully saturated rings. The van der Waals surface area contributed by atoms with Gasteiger partial charge in [0, 0.05) is 18.0 Å². The average Bonchev–Trinajstić information content (AvgIpc) is 2.57. The van der Waals surface area contributed by atoms with Crippen molar-refractivity contribution in [2.45, 2.75) is 44.6 Å². The summed E-state index contributed by atoms with van der Waals surface area (Å²) in [6.45, 7) is 0.138. The van der Waals surface area contributed by atoms with E-state index in [4.69, 9.17) is 10.8 Å². The number of fused-ring (bicyclic) bond motifs is 1. The first-order valence-electron chi connectivity index (χ1n) is 8.38. The number of nitrogens with two attached hydrogens (primary N) is 1. The van der Waals surface area contributed by atoms with Crippen LogP contribution in [0.25, 0.3) is 10.9 Å². The Morgan fingerprint density at radius 2 is 1.91 bits per heavy atom. The van der Waals surface area contributed by atoms with Gasteiger partial charge < -0.3 is 15.7 Å². The van der Waals surface area contributed by atoms with Crippen molar-refractivity contribution in [1.82, 2.24) is 14.9 Å². The lowest BCUT2D eigenvalue weighted by molar-refractivity contribution is 0.229. The Hall–Kier alpha value is -1.72. The summed E-state index contributed by atoms with van der Waals surface area (Å²) < 4.78 is 0. The van der Waals surface area contributed by atoms with E-state index in [1.807, 2.05) is 18.2 Å². The molecule has 1 saturated carbocycles. The minimum Gasteiger partial charge on any atom is -0.396 e. The SMILES string of the molecule is CN(C)C1CCCCC1.Nc1ncnc2ccc(CCO)cc12. The number of nitrogen functional groups attached to an aromatic ring is 1. The third-order valence-corrected chi connectivity index (χ3v) is 4.44. The summed E-state index contributed by atoms with van der Waals surface area (Å²) in [4.78, 5) is 10.4. The van der Waals surface area contributed by atoms with Crippen molar-refractivity contribution < 1.29 is 5.11 Å². The molecule has 0 amide bonds. The molecule has 2 aromatic rings. The van der Waals surface area contributed by atoms with Crippen LogP contribution in [0.1, 0.15) is 37.7 Å². The van der Waals surface area contributed by atoms with Crippen LogP contribution in [-0.2, 0) is 6.42 Å². The van der Waals surface area contributed by atoms with Crippen LogP contribution in [0.4, 0.5) is 5.82 Å². The van der Waals surface area contributed by atoms with Crippen molar-refractivity contribution in [3.05, 3.63) is 30.1 Å². The maximum Gasteiger partial charge on any atom is 0.134 e. The number of aromatic nitrogens is 2. The molecule has 1 aliphatic carbocycles. The smallest absolute Gasteiger partial charge is 0.134 e. The molecular weight excluding hydrogens is 288 g/mol. The van der Waals surface area contributed by atoms with E-state index in [0.717, 1.165) is 22.5 Å². The first-order chi connectivity index (χ1) is 11.1. The molecule has 0 aliphatic heterocycles. The van der Waals surface area contributed by atoms with Gasteiger partial charge in [0.15, 0.2) is 0 Å². The largest absolute Gasteiger partial charge is 0.396 e. The zero-order valence-corrected chi connectivity index (χ0v) is 14.2. The monoisotopic (exact) mass is 316 g/mol. The zero-order valence-electron chi connectivity index (χ0n) is 14.2. The van der Waals surface area contributed by atoms with Gasteiger partial charge in [-0.05, 0) is 51.1 Å². The quantitative estimate of drug-likeness (QED) is 0.910. The number of hydrogen-bond acceptors (Lipinski definition) is 5. The highest BCUT2D eigenvalue weighted by Gasteiger charge is 2.13.